The molecule has 3 aliphatic heterocycles. The first kappa shape index (κ1) is 26.2. The van der Waals surface area contributed by atoms with Crippen molar-refractivity contribution < 1.29 is 4.74 Å². The zero-order valence-electron chi connectivity index (χ0n) is 22.2. The van der Waals surface area contributed by atoms with Crippen LogP contribution in [0.4, 0.5) is 11.5 Å². The van der Waals surface area contributed by atoms with Gasteiger partial charge in [-0.25, -0.2) is 0 Å². The zero-order chi connectivity index (χ0) is 25.3. The molecule has 1 aromatic heterocycles. The van der Waals surface area contributed by atoms with E-state index in [-0.39, 0.29) is 0 Å². The predicted octanol–water partition coefficient (Wildman–Crippen LogP) is 3.06. The van der Waals surface area contributed by atoms with E-state index in [1.54, 1.807) is 13.2 Å². The minimum atomic E-state index is 0.504. The minimum Gasteiger partial charge on any atom is -0.467 e. The molecule has 1 atom stereocenters. The lowest BCUT2D eigenvalue weighted by molar-refractivity contribution is 0.374. The maximum Gasteiger partial charge on any atom is 0.318 e. The van der Waals surface area contributed by atoms with Crippen molar-refractivity contribution in [3.8, 4) is 12.1 Å². The van der Waals surface area contributed by atoms with Gasteiger partial charge in [-0.05, 0) is 63.9 Å². The van der Waals surface area contributed by atoms with E-state index in [2.05, 4.69) is 51.3 Å². The highest BCUT2D eigenvalue weighted by atomic mass is 16.5. The topological polar surface area (TPSA) is 80.5 Å². The van der Waals surface area contributed by atoms with Gasteiger partial charge < -0.3 is 24.8 Å². The second kappa shape index (κ2) is 12.9. The molecule has 0 bridgehead atoms. The maximum absolute atomic E-state index is 7.32. The van der Waals surface area contributed by atoms with Crippen LogP contribution in [0.25, 0.3) is 0 Å². The first-order valence-electron chi connectivity index (χ1n) is 13.4. The first-order chi connectivity index (χ1) is 17.6. The van der Waals surface area contributed by atoms with E-state index >= 15 is 0 Å². The summed E-state index contributed by atoms with van der Waals surface area (Å²) >= 11 is 0. The summed E-state index contributed by atoms with van der Waals surface area (Å²) in [4.78, 5) is 16.9. The Morgan fingerprint density at radius 2 is 1.75 bits per heavy atom. The number of methoxy groups -OCH3 is 1. The summed E-state index contributed by atoms with van der Waals surface area (Å²) in [7, 11) is 3.84. The smallest absolute Gasteiger partial charge is 0.318 e. The van der Waals surface area contributed by atoms with E-state index in [9.17, 15) is 0 Å². The van der Waals surface area contributed by atoms with Gasteiger partial charge in [-0.2, -0.15) is 15.2 Å². The van der Waals surface area contributed by atoms with E-state index in [4.69, 9.17) is 20.0 Å². The van der Waals surface area contributed by atoms with E-state index < -0.39 is 0 Å². The van der Waals surface area contributed by atoms with Crippen molar-refractivity contribution >= 4 is 11.5 Å². The van der Waals surface area contributed by atoms with E-state index in [0.29, 0.717) is 12.1 Å². The third-order valence-electron chi connectivity index (χ3n) is 7.50. The lowest BCUT2D eigenvalue weighted by Crippen LogP contribution is -2.45. The molecule has 36 heavy (non-hydrogen) atoms. The molecule has 4 aliphatic rings. The molecule has 2 saturated heterocycles. The van der Waals surface area contributed by atoms with Crippen LogP contribution in [0, 0.1) is 11.3 Å². The van der Waals surface area contributed by atoms with Crippen LogP contribution in [0.1, 0.15) is 43.0 Å². The van der Waals surface area contributed by atoms with Crippen LogP contribution >= 0.6 is 0 Å². The average molecular weight is 492 g/mol. The highest BCUT2D eigenvalue weighted by Gasteiger charge is 2.32. The molecule has 2 fully saturated rings. The Labute approximate surface area is 216 Å². The number of hydrogen-bond donors (Lipinski definition) is 1. The van der Waals surface area contributed by atoms with Crippen molar-refractivity contribution in [1.29, 1.82) is 5.26 Å². The van der Waals surface area contributed by atoms with Gasteiger partial charge >= 0.3 is 6.01 Å². The maximum atomic E-state index is 7.32. The standard InChI is InChI=1S/C21H27N5O.C5H11N.C2H3N/c1-27-21-23-18-14-16(26-11-8-15-4-2-3-5-19(15)26)6-7-17(18)20(24-21)25-12-9-22-10-13-25;1-6-4-2-3-5-6;1-2-3/h2-5,16,22H,6-14H2,1H3;2-5H2,1H3;1H3. The van der Waals surface area contributed by atoms with Crippen LogP contribution in [0.5, 0.6) is 6.01 Å². The highest BCUT2D eigenvalue weighted by molar-refractivity contribution is 5.60. The van der Waals surface area contributed by atoms with Gasteiger partial charge in [0.05, 0.1) is 18.9 Å². The number of likely N-dealkylation sites (tertiary alicyclic amines) is 1. The number of aromatic nitrogens is 2. The Balaban J connectivity index is 0.000000289. The highest BCUT2D eigenvalue weighted by Crippen LogP contribution is 2.36. The molecule has 2 aromatic rings. The van der Waals surface area contributed by atoms with Crippen LogP contribution in [-0.4, -0.2) is 80.9 Å². The largest absolute Gasteiger partial charge is 0.467 e. The Bertz CT molecular complexity index is 1030. The summed E-state index contributed by atoms with van der Waals surface area (Å²) in [6, 6.07) is 11.6. The van der Waals surface area contributed by atoms with Gasteiger partial charge in [0.1, 0.15) is 5.82 Å². The van der Waals surface area contributed by atoms with Crippen LogP contribution in [0.2, 0.25) is 0 Å². The van der Waals surface area contributed by atoms with E-state index in [0.717, 1.165) is 64.2 Å². The monoisotopic (exact) mass is 491 g/mol. The molecular formula is C28H41N7O. The van der Waals surface area contributed by atoms with Gasteiger partial charge in [0.25, 0.3) is 0 Å². The molecule has 1 N–H and O–H groups in total. The fourth-order valence-corrected chi connectivity index (χ4v) is 5.67. The summed E-state index contributed by atoms with van der Waals surface area (Å²) in [5, 5.41) is 10.7. The number of para-hydroxylation sites is 1. The number of nitrogens with one attached hydrogen (secondary N) is 1. The predicted molar refractivity (Wildman–Crippen MR) is 145 cm³/mol. The van der Waals surface area contributed by atoms with Gasteiger partial charge in [0.2, 0.25) is 0 Å². The number of hydrogen-bond acceptors (Lipinski definition) is 8. The van der Waals surface area contributed by atoms with Gasteiger partial charge in [-0.1, -0.05) is 18.2 Å². The van der Waals surface area contributed by atoms with Gasteiger partial charge in [0.15, 0.2) is 0 Å². The number of ether oxygens (including phenoxy) is 1. The van der Waals surface area contributed by atoms with Gasteiger partial charge in [0, 0.05) is 63.4 Å². The number of anilines is 2. The van der Waals surface area contributed by atoms with Crippen molar-refractivity contribution in [3.05, 3.63) is 41.1 Å². The van der Waals surface area contributed by atoms with Crippen LogP contribution in [-0.2, 0) is 19.3 Å². The molecule has 1 unspecified atom stereocenters. The molecule has 0 saturated carbocycles. The Morgan fingerprint density at radius 3 is 2.42 bits per heavy atom. The molecule has 0 amide bonds. The van der Waals surface area contributed by atoms with Crippen LogP contribution in [0.3, 0.4) is 0 Å². The molecule has 194 valence electrons. The molecule has 0 radical (unpaired) electrons. The summed E-state index contributed by atoms with van der Waals surface area (Å²) < 4.78 is 5.45. The summed E-state index contributed by atoms with van der Waals surface area (Å²) in [6.07, 6.45) is 7.16. The summed E-state index contributed by atoms with van der Waals surface area (Å²) in [5.41, 5.74) is 5.40. The van der Waals surface area contributed by atoms with Gasteiger partial charge in [-0.15, -0.1) is 0 Å². The quantitative estimate of drug-likeness (QED) is 0.702. The number of rotatable bonds is 3. The van der Waals surface area contributed by atoms with Crippen molar-refractivity contribution in [1.82, 2.24) is 20.2 Å². The Morgan fingerprint density at radius 1 is 1.03 bits per heavy atom. The second-order valence-corrected chi connectivity index (χ2v) is 9.90. The molecule has 8 heteroatoms. The summed E-state index contributed by atoms with van der Waals surface area (Å²) in [6.45, 7) is 9.19. The lowest BCUT2D eigenvalue weighted by Gasteiger charge is -2.36. The van der Waals surface area contributed by atoms with Crippen molar-refractivity contribution in [3.63, 3.8) is 0 Å². The van der Waals surface area contributed by atoms with Crippen LogP contribution in [0.15, 0.2) is 24.3 Å². The molecular weight excluding hydrogens is 450 g/mol. The number of fused-ring (bicyclic) bond motifs is 2. The molecule has 1 aromatic carbocycles. The Hall–Kier alpha value is -2.89. The molecule has 6 rings (SSSR count). The first-order valence-corrected chi connectivity index (χ1v) is 13.4. The number of nitriles is 1. The zero-order valence-corrected chi connectivity index (χ0v) is 22.2. The number of benzene rings is 1. The van der Waals surface area contributed by atoms with Crippen molar-refractivity contribution in [2.45, 2.75) is 51.5 Å². The third kappa shape index (κ3) is 6.26. The summed E-state index contributed by atoms with van der Waals surface area (Å²) in [5.74, 6) is 1.10. The minimum absolute atomic E-state index is 0.504. The van der Waals surface area contributed by atoms with Gasteiger partial charge in [-0.3, -0.25) is 0 Å². The second-order valence-electron chi connectivity index (χ2n) is 9.90. The fourth-order valence-electron chi connectivity index (χ4n) is 5.67. The number of nitrogens with zero attached hydrogens (tertiary/aromatic N) is 6. The average Bonchev–Trinajstić information content (AvgIpc) is 3.58. The molecule has 4 heterocycles. The SMILES string of the molecule is CC#N.CN1CCCC1.COc1nc2c(c(N3CCNCC3)n1)CCC(N1CCc3ccccc31)C2. The number of piperazine rings is 1. The molecule has 8 nitrogen and oxygen atoms in total. The fraction of sp³-hybridized carbons (Fsp3) is 0.607. The Kier molecular flexibility index (Phi) is 9.37. The molecule has 1 aliphatic carbocycles. The van der Waals surface area contributed by atoms with Crippen molar-refractivity contribution in [2.24, 2.45) is 0 Å². The van der Waals surface area contributed by atoms with Crippen molar-refractivity contribution in [2.75, 3.05) is 69.8 Å². The van der Waals surface area contributed by atoms with Crippen LogP contribution < -0.4 is 19.9 Å². The van der Waals surface area contributed by atoms with E-state index in [1.165, 1.54) is 55.4 Å². The lowest BCUT2D eigenvalue weighted by atomic mass is 9.90. The molecule has 0 spiro atoms. The normalized spacial score (nSPS) is 20.8. The third-order valence-corrected chi connectivity index (χ3v) is 7.50. The van der Waals surface area contributed by atoms with E-state index in [1.807, 2.05) is 0 Å².